The topological polar surface area (TPSA) is 71.1 Å². The lowest BCUT2D eigenvalue weighted by Crippen LogP contribution is -2.13. The van der Waals surface area contributed by atoms with Crippen LogP contribution in [-0.4, -0.2) is 54.3 Å². The van der Waals surface area contributed by atoms with E-state index in [1.165, 1.54) is 0 Å². The molecule has 0 aliphatic rings. The van der Waals surface area contributed by atoms with E-state index in [2.05, 4.69) is 10.8 Å². The molecule has 17 heavy (non-hydrogen) atoms. The maximum Gasteiger partial charge on any atom is 0.264 e. The Hall–Kier alpha value is -0.630. The van der Waals surface area contributed by atoms with Crippen LogP contribution in [0.3, 0.4) is 0 Å². The molecule has 0 aromatic carbocycles. The van der Waals surface area contributed by atoms with Gasteiger partial charge in [-0.3, -0.25) is 4.18 Å². The van der Waals surface area contributed by atoms with E-state index < -0.39 is 10.1 Å². The van der Waals surface area contributed by atoms with Gasteiger partial charge in [-0.2, -0.15) is 8.42 Å². The molecule has 0 N–H and O–H groups in total. The predicted octanol–water partition coefficient (Wildman–Crippen LogP) is 0.546. The van der Waals surface area contributed by atoms with E-state index >= 15 is 0 Å². The Kier molecular flexibility index (Phi) is 9.06. The summed E-state index contributed by atoms with van der Waals surface area (Å²) >= 11 is 0. The highest BCUT2D eigenvalue weighted by Gasteiger charge is 2.00. The lowest BCUT2D eigenvalue weighted by molar-refractivity contribution is 0.0206. The molecule has 6 nitrogen and oxygen atoms in total. The summed E-state index contributed by atoms with van der Waals surface area (Å²) in [7, 11) is -3.37. The number of hydrogen-bond donors (Lipinski definition) is 0. The Morgan fingerprint density at radius 1 is 1.00 bits per heavy atom. The molecule has 0 aliphatic heterocycles. The van der Waals surface area contributed by atoms with Gasteiger partial charge in [-0.25, -0.2) is 0 Å². The average molecular weight is 268 g/mol. The van der Waals surface area contributed by atoms with Crippen LogP contribution in [0.5, 0.6) is 0 Å². The van der Waals surface area contributed by atoms with Crippen LogP contribution in [0.1, 0.15) is 6.92 Å². The van der Waals surface area contributed by atoms with Crippen LogP contribution < -0.4 is 0 Å². The minimum absolute atomic E-state index is 0.0254. The molecule has 0 heterocycles. The van der Waals surface area contributed by atoms with E-state index in [1.807, 2.05) is 0 Å². The summed E-state index contributed by atoms with van der Waals surface area (Å²) in [4.78, 5) is 0. The fourth-order valence-corrected chi connectivity index (χ4v) is 1.21. The molecule has 0 spiro atoms. The van der Waals surface area contributed by atoms with Crippen molar-refractivity contribution in [2.75, 3.05) is 45.9 Å². The molecule has 0 aromatic rings. The second-order valence-electron chi connectivity index (χ2n) is 3.30. The third-order valence-corrected chi connectivity index (χ3v) is 2.07. The van der Waals surface area contributed by atoms with Crippen LogP contribution in [0.4, 0.5) is 0 Å². The lowest BCUT2D eigenvalue weighted by Gasteiger charge is -2.07. The number of hydrogen-bond acceptors (Lipinski definition) is 6. The van der Waals surface area contributed by atoms with Crippen molar-refractivity contribution in [1.82, 2.24) is 0 Å². The van der Waals surface area contributed by atoms with Gasteiger partial charge < -0.3 is 14.2 Å². The molecule has 0 aromatic heterocycles. The van der Waals surface area contributed by atoms with Gasteiger partial charge >= 0.3 is 0 Å². The van der Waals surface area contributed by atoms with Crippen molar-refractivity contribution in [2.45, 2.75) is 6.92 Å². The summed E-state index contributed by atoms with van der Waals surface area (Å²) in [6.07, 6.45) is 0.998. The molecule has 0 aliphatic carbocycles. The molecule has 0 amide bonds. The highest BCUT2D eigenvalue weighted by Crippen LogP contribution is 1.90. The molecule has 0 radical (unpaired) electrons. The fraction of sp³-hybridized carbons (Fsp3) is 0.800. The Morgan fingerprint density at radius 3 is 1.94 bits per heavy atom. The number of ether oxygens (including phenoxy) is 3. The van der Waals surface area contributed by atoms with E-state index in [4.69, 9.17) is 14.2 Å². The zero-order valence-corrected chi connectivity index (χ0v) is 11.1. The standard InChI is InChI=1S/C10H20O6S/c1-10(2)15-8-6-13-4-5-14-7-9-16-17(3,11)12/h1,4-9H2,2-3H3. The molecule has 0 saturated heterocycles. The van der Waals surface area contributed by atoms with E-state index in [-0.39, 0.29) is 13.2 Å². The van der Waals surface area contributed by atoms with Gasteiger partial charge in [-0.1, -0.05) is 6.58 Å². The third-order valence-electron chi connectivity index (χ3n) is 1.47. The Balaban J connectivity index is 3.11. The first-order chi connectivity index (χ1) is 7.92. The van der Waals surface area contributed by atoms with Gasteiger partial charge in [0.05, 0.1) is 45.0 Å². The molecule has 0 saturated carbocycles. The van der Waals surface area contributed by atoms with Crippen LogP contribution >= 0.6 is 0 Å². The summed E-state index contributed by atoms with van der Waals surface area (Å²) < 4.78 is 41.0. The Labute approximate surface area is 103 Å². The molecular formula is C10H20O6S. The van der Waals surface area contributed by atoms with Gasteiger partial charge in [-0.15, -0.1) is 0 Å². The maximum absolute atomic E-state index is 10.6. The predicted molar refractivity (Wildman–Crippen MR) is 63.2 cm³/mol. The molecule has 0 rings (SSSR count). The van der Waals surface area contributed by atoms with Crippen LogP contribution in [0.2, 0.25) is 0 Å². The SMILES string of the molecule is C=C(C)OCCOCCOCCOS(C)(=O)=O. The summed E-state index contributed by atoms with van der Waals surface area (Å²) in [5, 5.41) is 0. The molecule has 0 unspecified atom stereocenters. The monoisotopic (exact) mass is 268 g/mol. The largest absolute Gasteiger partial charge is 0.496 e. The van der Waals surface area contributed by atoms with Crippen molar-refractivity contribution < 1.29 is 26.8 Å². The van der Waals surface area contributed by atoms with Gasteiger partial charge in [0.25, 0.3) is 10.1 Å². The van der Waals surface area contributed by atoms with Crippen LogP contribution in [0.15, 0.2) is 12.3 Å². The van der Waals surface area contributed by atoms with E-state index in [0.29, 0.717) is 32.2 Å². The van der Waals surface area contributed by atoms with Crippen molar-refractivity contribution in [3.63, 3.8) is 0 Å². The molecule has 0 bridgehead atoms. The average Bonchev–Trinajstić information content (AvgIpc) is 2.18. The first-order valence-electron chi connectivity index (χ1n) is 5.20. The smallest absolute Gasteiger partial charge is 0.264 e. The molecular weight excluding hydrogens is 248 g/mol. The summed E-state index contributed by atoms with van der Waals surface area (Å²) in [6, 6.07) is 0. The molecule has 0 atom stereocenters. The van der Waals surface area contributed by atoms with Crippen molar-refractivity contribution in [3.8, 4) is 0 Å². The second-order valence-corrected chi connectivity index (χ2v) is 4.95. The highest BCUT2D eigenvalue weighted by atomic mass is 32.2. The van der Waals surface area contributed by atoms with Gasteiger partial charge in [0.15, 0.2) is 0 Å². The van der Waals surface area contributed by atoms with Crippen molar-refractivity contribution in [2.24, 2.45) is 0 Å². The number of allylic oxidation sites excluding steroid dienone is 1. The van der Waals surface area contributed by atoms with Gasteiger partial charge in [0, 0.05) is 0 Å². The third kappa shape index (κ3) is 15.4. The van der Waals surface area contributed by atoms with E-state index in [0.717, 1.165) is 6.26 Å². The minimum atomic E-state index is -3.37. The molecule has 102 valence electrons. The van der Waals surface area contributed by atoms with E-state index in [9.17, 15) is 8.42 Å². The summed E-state index contributed by atoms with van der Waals surface area (Å²) in [5.41, 5.74) is 0. The lowest BCUT2D eigenvalue weighted by atomic mass is 10.6. The summed E-state index contributed by atoms with van der Waals surface area (Å²) in [6.45, 7) is 7.34. The van der Waals surface area contributed by atoms with Crippen LogP contribution in [-0.2, 0) is 28.5 Å². The maximum atomic E-state index is 10.6. The Bertz CT molecular complexity index is 298. The normalized spacial score (nSPS) is 11.4. The van der Waals surface area contributed by atoms with Crippen LogP contribution in [0, 0.1) is 0 Å². The van der Waals surface area contributed by atoms with Gasteiger partial charge in [0.1, 0.15) is 6.61 Å². The highest BCUT2D eigenvalue weighted by molar-refractivity contribution is 7.85. The zero-order valence-electron chi connectivity index (χ0n) is 10.3. The van der Waals surface area contributed by atoms with Gasteiger partial charge in [0.2, 0.25) is 0 Å². The van der Waals surface area contributed by atoms with Crippen molar-refractivity contribution in [3.05, 3.63) is 12.3 Å². The van der Waals surface area contributed by atoms with Gasteiger partial charge in [-0.05, 0) is 6.92 Å². The first kappa shape index (κ1) is 16.4. The van der Waals surface area contributed by atoms with Crippen molar-refractivity contribution in [1.29, 1.82) is 0 Å². The fourth-order valence-electron chi connectivity index (χ4n) is 0.841. The summed E-state index contributed by atoms with van der Waals surface area (Å²) in [5.74, 6) is 0.655. The quantitative estimate of drug-likeness (QED) is 0.309. The first-order valence-corrected chi connectivity index (χ1v) is 7.01. The van der Waals surface area contributed by atoms with Crippen molar-refractivity contribution >= 4 is 10.1 Å². The second kappa shape index (κ2) is 9.41. The number of rotatable bonds is 11. The van der Waals surface area contributed by atoms with E-state index in [1.54, 1.807) is 6.92 Å². The minimum Gasteiger partial charge on any atom is -0.496 e. The molecule has 0 fully saturated rings. The zero-order chi connectivity index (χ0) is 13.1. The molecule has 7 heteroatoms. The van der Waals surface area contributed by atoms with Crippen LogP contribution in [0.25, 0.3) is 0 Å². The Morgan fingerprint density at radius 2 is 1.47 bits per heavy atom.